The molecular weight excluding hydrogens is 284 g/mol. The van der Waals surface area contributed by atoms with E-state index in [1.807, 2.05) is 42.5 Å². The standard InChI is InChI=1S/C21H26O2/c1-2-3-4-5-6-8-14-19(21-15-11-16-23-21)17-20(22)18-12-9-7-10-13-18/h7-16,19H,2-6,17H2,1H3/b14-8+/t19-/m1/s1. The van der Waals surface area contributed by atoms with E-state index in [1.165, 1.54) is 25.7 Å². The van der Waals surface area contributed by atoms with Crippen LogP contribution in [0.4, 0.5) is 0 Å². The first-order valence-corrected chi connectivity index (χ1v) is 8.59. The van der Waals surface area contributed by atoms with Crippen LogP contribution in [0.1, 0.15) is 67.5 Å². The van der Waals surface area contributed by atoms with Gasteiger partial charge in [-0.05, 0) is 25.0 Å². The van der Waals surface area contributed by atoms with Gasteiger partial charge in [0.15, 0.2) is 5.78 Å². The molecule has 0 unspecified atom stereocenters. The van der Waals surface area contributed by atoms with Crippen LogP contribution < -0.4 is 0 Å². The van der Waals surface area contributed by atoms with Gasteiger partial charge in [-0.1, -0.05) is 68.7 Å². The Morgan fingerprint density at radius 1 is 1.09 bits per heavy atom. The average Bonchev–Trinajstić information content (AvgIpc) is 3.12. The van der Waals surface area contributed by atoms with Gasteiger partial charge < -0.3 is 4.42 Å². The highest BCUT2D eigenvalue weighted by molar-refractivity contribution is 5.96. The van der Waals surface area contributed by atoms with Gasteiger partial charge in [-0.15, -0.1) is 0 Å². The zero-order valence-electron chi connectivity index (χ0n) is 13.9. The summed E-state index contributed by atoms with van der Waals surface area (Å²) in [6, 6.07) is 13.3. The monoisotopic (exact) mass is 310 g/mol. The fourth-order valence-electron chi connectivity index (χ4n) is 2.66. The van der Waals surface area contributed by atoms with Gasteiger partial charge >= 0.3 is 0 Å². The van der Waals surface area contributed by atoms with Gasteiger partial charge in [0.05, 0.1) is 6.26 Å². The van der Waals surface area contributed by atoms with E-state index < -0.39 is 0 Å². The van der Waals surface area contributed by atoms with E-state index >= 15 is 0 Å². The van der Waals surface area contributed by atoms with Crippen LogP contribution in [-0.2, 0) is 0 Å². The van der Waals surface area contributed by atoms with Crippen LogP contribution in [0, 0.1) is 0 Å². The molecule has 0 radical (unpaired) electrons. The quantitative estimate of drug-likeness (QED) is 0.299. The molecule has 0 bridgehead atoms. The largest absolute Gasteiger partial charge is 0.469 e. The van der Waals surface area contributed by atoms with E-state index in [0.717, 1.165) is 17.7 Å². The molecule has 122 valence electrons. The van der Waals surface area contributed by atoms with Crippen LogP contribution in [0.15, 0.2) is 65.3 Å². The highest BCUT2D eigenvalue weighted by atomic mass is 16.3. The lowest BCUT2D eigenvalue weighted by atomic mass is 9.95. The Morgan fingerprint density at radius 2 is 1.91 bits per heavy atom. The smallest absolute Gasteiger partial charge is 0.163 e. The average molecular weight is 310 g/mol. The predicted octanol–water partition coefficient (Wildman–Crippen LogP) is 6.16. The van der Waals surface area contributed by atoms with Crippen molar-refractivity contribution in [2.24, 2.45) is 0 Å². The lowest BCUT2D eigenvalue weighted by Gasteiger charge is -2.09. The zero-order chi connectivity index (χ0) is 16.3. The Hall–Kier alpha value is -2.09. The predicted molar refractivity (Wildman–Crippen MR) is 94.7 cm³/mol. The Kier molecular flexibility index (Phi) is 7.38. The van der Waals surface area contributed by atoms with Gasteiger partial charge in [0, 0.05) is 17.9 Å². The summed E-state index contributed by atoms with van der Waals surface area (Å²) in [5, 5.41) is 0. The number of hydrogen-bond acceptors (Lipinski definition) is 2. The van der Waals surface area contributed by atoms with E-state index in [2.05, 4.69) is 19.1 Å². The summed E-state index contributed by atoms with van der Waals surface area (Å²) in [5.41, 5.74) is 0.764. The van der Waals surface area contributed by atoms with E-state index in [1.54, 1.807) is 6.26 Å². The van der Waals surface area contributed by atoms with Crippen molar-refractivity contribution in [3.63, 3.8) is 0 Å². The molecule has 0 saturated heterocycles. The van der Waals surface area contributed by atoms with Crippen molar-refractivity contribution in [3.8, 4) is 0 Å². The molecule has 0 aliphatic heterocycles. The Labute approximate surface area is 139 Å². The molecule has 0 amide bonds. The van der Waals surface area contributed by atoms with Crippen molar-refractivity contribution in [2.75, 3.05) is 0 Å². The first-order valence-electron chi connectivity index (χ1n) is 8.59. The highest BCUT2D eigenvalue weighted by Crippen LogP contribution is 2.24. The third-order valence-corrected chi connectivity index (χ3v) is 4.00. The summed E-state index contributed by atoms with van der Waals surface area (Å²) >= 11 is 0. The number of hydrogen-bond donors (Lipinski definition) is 0. The lowest BCUT2D eigenvalue weighted by molar-refractivity contribution is 0.0976. The molecular formula is C21H26O2. The first-order chi connectivity index (χ1) is 11.3. The van der Waals surface area contributed by atoms with Crippen molar-refractivity contribution < 1.29 is 9.21 Å². The molecule has 2 aromatic rings. The summed E-state index contributed by atoms with van der Waals surface area (Å²) in [6.07, 6.45) is 12.5. The van der Waals surface area contributed by atoms with E-state index in [0.29, 0.717) is 6.42 Å². The van der Waals surface area contributed by atoms with E-state index in [4.69, 9.17) is 4.42 Å². The Morgan fingerprint density at radius 3 is 2.61 bits per heavy atom. The summed E-state index contributed by atoms with van der Waals surface area (Å²) in [5.74, 6) is 1.03. The second-order valence-corrected chi connectivity index (χ2v) is 5.89. The maximum Gasteiger partial charge on any atom is 0.163 e. The molecule has 2 heteroatoms. The molecule has 0 aliphatic rings. The summed E-state index contributed by atoms with van der Waals surface area (Å²) in [4.78, 5) is 12.4. The fourth-order valence-corrected chi connectivity index (χ4v) is 2.66. The number of rotatable bonds is 10. The van der Waals surface area contributed by atoms with Gasteiger partial charge in [0.1, 0.15) is 5.76 Å². The summed E-state index contributed by atoms with van der Waals surface area (Å²) in [7, 11) is 0. The molecule has 23 heavy (non-hydrogen) atoms. The van der Waals surface area contributed by atoms with Crippen molar-refractivity contribution in [1.29, 1.82) is 0 Å². The Bertz CT molecular complexity index is 582. The van der Waals surface area contributed by atoms with Gasteiger partial charge in [-0.2, -0.15) is 0 Å². The molecule has 2 rings (SSSR count). The molecule has 1 heterocycles. The van der Waals surface area contributed by atoms with Crippen LogP contribution in [-0.4, -0.2) is 5.78 Å². The fraction of sp³-hybridized carbons (Fsp3) is 0.381. The molecule has 1 aromatic carbocycles. The van der Waals surface area contributed by atoms with Crippen molar-refractivity contribution in [1.82, 2.24) is 0 Å². The minimum Gasteiger partial charge on any atom is -0.469 e. The molecule has 2 nitrogen and oxygen atoms in total. The van der Waals surface area contributed by atoms with Crippen molar-refractivity contribution in [2.45, 2.75) is 51.4 Å². The van der Waals surface area contributed by atoms with Crippen LogP contribution in [0.2, 0.25) is 0 Å². The maximum absolute atomic E-state index is 12.4. The topological polar surface area (TPSA) is 30.2 Å². The van der Waals surface area contributed by atoms with Crippen LogP contribution in [0.25, 0.3) is 0 Å². The van der Waals surface area contributed by atoms with E-state index in [9.17, 15) is 4.79 Å². The van der Waals surface area contributed by atoms with Crippen LogP contribution in [0.3, 0.4) is 0 Å². The SMILES string of the molecule is CCCCCC/C=C/[C@H](CC(=O)c1ccccc1)c1ccco1. The van der Waals surface area contributed by atoms with Crippen LogP contribution >= 0.6 is 0 Å². The zero-order valence-corrected chi connectivity index (χ0v) is 13.9. The first kappa shape index (κ1) is 17.3. The number of unbranched alkanes of at least 4 members (excludes halogenated alkanes) is 4. The number of allylic oxidation sites excluding steroid dienone is 2. The van der Waals surface area contributed by atoms with E-state index in [-0.39, 0.29) is 11.7 Å². The maximum atomic E-state index is 12.4. The van der Waals surface area contributed by atoms with Gasteiger partial charge in [-0.25, -0.2) is 0 Å². The third-order valence-electron chi connectivity index (χ3n) is 4.00. The molecule has 0 N–H and O–H groups in total. The number of carbonyl (C=O) groups excluding carboxylic acids is 1. The van der Waals surface area contributed by atoms with Crippen molar-refractivity contribution >= 4 is 5.78 Å². The second-order valence-electron chi connectivity index (χ2n) is 5.89. The Balaban J connectivity index is 1.95. The number of furan rings is 1. The third kappa shape index (κ3) is 5.90. The number of Topliss-reactive ketones (excluding diaryl/α,β-unsaturated/α-hetero) is 1. The number of carbonyl (C=O) groups is 1. The molecule has 0 saturated carbocycles. The lowest BCUT2D eigenvalue weighted by Crippen LogP contribution is -2.05. The molecule has 0 spiro atoms. The minimum atomic E-state index is 0.0175. The number of ketones is 1. The second kappa shape index (κ2) is 9.83. The molecule has 0 aliphatic carbocycles. The minimum absolute atomic E-state index is 0.0175. The number of benzene rings is 1. The van der Waals surface area contributed by atoms with Gasteiger partial charge in [-0.3, -0.25) is 4.79 Å². The molecule has 1 atom stereocenters. The van der Waals surface area contributed by atoms with Crippen LogP contribution in [0.5, 0.6) is 0 Å². The molecule has 1 aromatic heterocycles. The summed E-state index contributed by atoms with van der Waals surface area (Å²) < 4.78 is 5.52. The molecule has 0 fully saturated rings. The summed E-state index contributed by atoms with van der Waals surface area (Å²) in [6.45, 7) is 2.22. The highest BCUT2D eigenvalue weighted by Gasteiger charge is 2.16. The van der Waals surface area contributed by atoms with Gasteiger partial charge in [0.2, 0.25) is 0 Å². The van der Waals surface area contributed by atoms with Crippen molar-refractivity contribution in [3.05, 3.63) is 72.2 Å². The van der Waals surface area contributed by atoms with Gasteiger partial charge in [0.25, 0.3) is 0 Å². The normalized spacial score (nSPS) is 12.6.